The van der Waals surface area contributed by atoms with Crippen molar-refractivity contribution in [3.8, 4) is 0 Å². The molecule has 0 spiro atoms. The number of benzene rings is 1. The Bertz CT molecular complexity index is 759. The van der Waals surface area contributed by atoms with E-state index in [4.69, 9.17) is 4.42 Å². The number of amides is 2. The highest BCUT2D eigenvalue weighted by atomic mass is 16.3. The van der Waals surface area contributed by atoms with Crippen molar-refractivity contribution < 1.29 is 14.0 Å². The molecule has 2 fully saturated rings. The number of para-hydroxylation sites is 1. The van der Waals surface area contributed by atoms with Gasteiger partial charge in [0, 0.05) is 50.9 Å². The Labute approximate surface area is 159 Å². The van der Waals surface area contributed by atoms with E-state index in [9.17, 15) is 9.59 Å². The molecule has 2 aliphatic rings. The summed E-state index contributed by atoms with van der Waals surface area (Å²) in [5.74, 6) is 0.269. The molecule has 0 radical (unpaired) electrons. The van der Waals surface area contributed by atoms with Gasteiger partial charge in [-0.1, -0.05) is 18.2 Å². The van der Waals surface area contributed by atoms with Gasteiger partial charge in [-0.2, -0.15) is 0 Å². The molecule has 27 heavy (non-hydrogen) atoms. The molecule has 3 heterocycles. The lowest BCUT2D eigenvalue weighted by Crippen LogP contribution is -2.52. The van der Waals surface area contributed by atoms with Gasteiger partial charge in [0.15, 0.2) is 0 Å². The first-order chi connectivity index (χ1) is 13.2. The zero-order chi connectivity index (χ0) is 18.6. The monoisotopic (exact) mass is 367 g/mol. The average Bonchev–Trinajstić information content (AvgIpc) is 3.28. The molecule has 0 N–H and O–H groups in total. The highest BCUT2D eigenvalue weighted by Gasteiger charge is 2.32. The molecule has 0 aliphatic carbocycles. The average molecular weight is 367 g/mol. The van der Waals surface area contributed by atoms with Gasteiger partial charge in [0.2, 0.25) is 5.91 Å². The number of rotatable bonds is 3. The molecule has 1 aromatic carbocycles. The largest absolute Gasteiger partial charge is 0.472 e. The fraction of sp³-hybridized carbons (Fsp3) is 0.429. The molecule has 2 amide bonds. The van der Waals surface area contributed by atoms with E-state index in [0.717, 1.165) is 39.0 Å². The zero-order valence-corrected chi connectivity index (χ0v) is 15.4. The van der Waals surface area contributed by atoms with Crippen LogP contribution in [-0.2, 0) is 4.79 Å². The van der Waals surface area contributed by atoms with Crippen molar-refractivity contribution in [2.45, 2.75) is 12.8 Å². The minimum absolute atomic E-state index is 0.00822. The molecule has 0 atom stereocenters. The highest BCUT2D eigenvalue weighted by Crippen LogP contribution is 2.23. The molecule has 4 rings (SSSR count). The maximum Gasteiger partial charge on any atom is 0.257 e. The van der Waals surface area contributed by atoms with Crippen LogP contribution in [0.2, 0.25) is 0 Å². The lowest BCUT2D eigenvalue weighted by molar-refractivity contribution is -0.137. The number of anilines is 1. The molecular formula is C21H25N3O3. The normalized spacial score (nSPS) is 18.6. The number of carbonyl (C=O) groups excluding carboxylic acids is 2. The Morgan fingerprint density at radius 3 is 2.19 bits per heavy atom. The Balaban J connectivity index is 1.27. The second-order valence-electron chi connectivity index (χ2n) is 7.23. The van der Waals surface area contributed by atoms with Crippen LogP contribution in [0.15, 0.2) is 53.3 Å². The van der Waals surface area contributed by atoms with Crippen LogP contribution in [0.5, 0.6) is 0 Å². The number of furan rings is 1. The number of carbonyl (C=O) groups is 2. The molecule has 2 aliphatic heterocycles. The van der Waals surface area contributed by atoms with Crippen LogP contribution >= 0.6 is 0 Å². The van der Waals surface area contributed by atoms with E-state index in [0.29, 0.717) is 18.7 Å². The van der Waals surface area contributed by atoms with Crippen molar-refractivity contribution in [2.24, 2.45) is 5.92 Å². The van der Waals surface area contributed by atoms with E-state index in [2.05, 4.69) is 17.0 Å². The van der Waals surface area contributed by atoms with Crippen molar-refractivity contribution in [3.05, 3.63) is 54.5 Å². The Morgan fingerprint density at radius 2 is 1.56 bits per heavy atom. The van der Waals surface area contributed by atoms with E-state index in [1.165, 1.54) is 18.2 Å². The van der Waals surface area contributed by atoms with Crippen LogP contribution in [0.1, 0.15) is 23.2 Å². The maximum absolute atomic E-state index is 12.9. The smallest absolute Gasteiger partial charge is 0.257 e. The molecule has 6 nitrogen and oxygen atoms in total. The summed E-state index contributed by atoms with van der Waals surface area (Å²) in [6.45, 7) is 4.53. The minimum Gasteiger partial charge on any atom is -0.472 e. The van der Waals surface area contributed by atoms with Gasteiger partial charge < -0.3 is 19.1 Å². The van der Waals surface area contributed by atoms with Crippen LogP contribution in [0.3, 0.4) is 0 Å². The Hall–Kier alpha value is -2.76. The van der Waals surface area contributed by atoms with Crippen LogP contribution < -0.4 is 4.90 Å². The summed E-state index contributed by atoms with van der Waals surface area (Å²) in [6, 6.07) is 12.0. The van der Waals surface area contributed by atoms with Crippen molar-refractivity contribution in [1.29, 1.82) is 0 Å². The van der Waals surface area contributed by atoms with Crippen molar-refractivity contribution in [2.75, 3.05) is 44.2 Å². The fourth-order valence-electron chi connectivity index (χ4n) is 3.98. The summed E-state index contributed by atoms with van der Waals surface area (Å²) < 4.78 is 4.99. The van der Waals surface area contributed by atoms with Crippen LogP contribution in [0.4, 0.5) is 5.69 Å². The maximum atomic E-state index is 12.9. The molecule has 0 saturated carbocycles. The van der Waals surface area contributed by atoms with Crippen LogP contribution in [-0.4, -0.2) is 60.9 Å². The van der Waals surface area contributed by atoms with Gasteiger partial charge in [-0.3, -0.25) is 9.59 Å². The molecule has 1 aromatic heterocycles. The fourth-order valence-corrected chi connectivity index (χ4v) is 3.98. The second kappa shape index (κ2) is 7.86. The molecule has 6 heteroatoms. The quantitative estimate of drug-likeness (QED) is 0.836. The molecule has 2 aromatic rings. The SMILES string of the molecule is O=C(c1ccoc1)N1CCC(C(=O)N2CCN(c3ccccc3)CC2)CC1. The van der Waals surface area contributed by atoms with Crippen molar-refractivity contribution >= 4 is 17.5 Å². The summed E-state index contributed by atoms with van der Waals surface area (Å²) in [6.07, 6.45) is 4.47. The Kier molecular flexibility index (Phi) is 5.14. The second-order valence-corrected chi connectivity index (χ2v) is 7.23. The third-order valence-electron chi connectivity index (χ3n) is 5.61. The molecular weight excluding hydrogens is 342 g/mol. The predicted octanol–water partition coefficient (Wildman–Crippen LogP) is 2.48. The number of piperazine rings is 1. The van der Waals surface area contributed by atoms with E-state index < -0.39 is 0 Å². The number of likely N-dealkylation sites (tertiary alicyclic amines) is 1. The standard InChI is InChI=1S/C21H25N3O3/c25-20(24-13-11-22(12-14-24)19-4-2-1-3-5-19)17-6-9-23(10-7-17)21(26)18-8-15-27-16-18/h1-5,8,15-17H,6-7,9-14H2. The lowest BCUT2D eigenvalue weighted by atomic mass is 9.94. The molecule has 142 valence electrons. The summed E-state index contributed by atoms with van der Waals surface area (Å²) in [4.78, 5) is 31.4. The van der Waals surface area contributed by atoms with Crippen molar-refractivity contribution in [1.82, 2.24) is 9.80 Å². The molecule has 0 unspecified atom stereocenters. The van der Waals surface area contributed by atoms with Gasteiger partial charge in [0.05, 0.1) is 11.8 Å². The van der Waals surface area contributed by atoms with Gasteiger partial charge in [-0.15, -0.1) is 0 Å². The Morgan fingerprint density at radius 1 is 0.852 bits per heavy atom. The van der Waals surface area contributed by atoms with E-state index >= 15 is 0 Å². The van der Waals surface area contributed by atoms with Gasteiger partial charge in [0.1, 0.15) is 6.26 Å². The number of nitrogens with zero attached hydrogens (tertiary/aromatic N) is 3. The summed E-state index contributed by atoms with van der Waals surface area (Å²) in [5, 5.41) is 0. The third kappa shape index (κ3) is 3.84. The first-order valence-corrected chi connectivity index (χ1v) is 9.62. The van der Waals surface area contributed by atoms with Gasteiger partial charge in [-0.25, -0.2) is 0 Å². The number of hydrogen-bond acceptors (Lipinski definition) is 4. The minimum atomic E-state index is -0.00822. The topological polar surface area (TPSA) is 57.0 Å². The van der Waals surface area contributed by atoms with Crippen molar-refractivity contribution in [3.63, 3.8) is 0 Å². The first kappa shape index (κ1) is 17.6. The van der Waals surface area contributed by atoms with E-state index in [1.54, 1.807) is 6.07 Å². The van der Waals surface area contributed by atoms with Crippen LogP contribution in [0.25, 0.3) is 0 Å². The van der Waals surface area contributed by atoms with Gasteiger partial charge >= 0.3 is 0 Å². The summed E-state index contributed by atoms with van der Waals surface area (Å²) in [5.41, 5.74) is 1.80. The summed E-state index contributed by atoms with van der Waals surface area (Å²) in [7, 11) is 0. The predicted molar refractivity (Wildman–Crippen MR) is 103 cm³/mol. The molecule has 2 saturated heterocycles. The van der Waals surface area contributed by atoms with Crippen LogP contribution in [0, 0.1) is 5.92 Å². The van der Waals surface area contributed by atoms with Gasteiger partial charge in [0.25, 0.3) is 5.91 Å². The van der Waals surface area contributed by atoms with Gasteiger partial charge in [-0.05, 0) is 31.0 Å². The van der Waals surface area contributed by atoms with E-state index in [1.807, 2.05) is 28.0 Å². The zero-order valence-electron chi connectivity index (χ0n) is 15.4. The third-order valence-corrected chi connectivity index (χ3v) is 5.61. The lowest BCUT2D eigenvalue weighted by Gasteiger charge is -2.39. The summed E-state index contributed by atoms with van der Waals surface area (Å²) >= 11 is 0. The van der Waals surface area contributed by atoms with E-state index in [-0.39, 0.29) is 17.7 Å². The molecule has 0 bridgehead atoms. The highest BCUT2D eigenvalue weighted by molar-refractivity contribution is 5.94. The number of piperidine rings is 1. The number of hydrogen-bond donors (Lipinski definition) is 0. The first-order valence-electron chi connectivity index (χ1n) is 9.62.